The van der Waals surface area contributed by atoms with Crippen molar-refractivity contribution in [1.82, 2.24) is 0 Å². The molecule has 0 radical (unpaired) electrons. The first-order valence-corrected chi connectivity index (χ1v) is 8.77. The molecule has 1 aromatic rings. The van der Waals surface area contributed by atoms with E-state index in [2.05, 4.69) is 0 Å². The fourth-order valence-corrected chi connectivity index (χ4v) is 2.16. The molecule has 1 N–H and O–H groups in total. The van der Waals surface area contributed by atoms with Crippen LogP contribution in [0.25, 0.3) is 0 Å². The fraction of sp³-hybridized carbons (Fsp3) is 0.650. The van der Waals surface area contributed by atoms with Crippen LogP contribution in [-0.4, -0.2) is 36.2 Å². The molecule has 0 aliphatic heterocycles. The summed E-state index contributed by atoms with van der Waals surface area (Å²) in [5.41, 5.74) is 0.588. The van der Waals surface area contributed by atoms with Gasteiger partial charge in [0.1, 0.15) is 0 Å². The lowest BCUT2D eigenvalue weighted by Gasteiger charge is -2.26. The molecule has 1 aromatic carbocycles. The minimum absolute atomic E-state index is 0.215. The summed E-state index contributed by atoms with van der Waals surface area (Å²) in [5, 5.41) is 9.89. The Kier molecular flexibility index (Phi) is 8.56. The number of hydrogen-bond acceptors (Lipinski definition) is 5. The van der Waals surface area contributed by atoms with Crippen molar-refractivity contribution < 1.29 is 24.1 Å². The first kappa shape index (κ1) is 21.6. The van der Waals surface area contributed by atoms with Gasteiger partial charge in [0.2, 0.25) is 0 Å². The van der Waals surface area contributed by atoms with Crippen molar-refractivity contribution in [3.63, 3.8) is 0 Å². The van der Waals surface area contributed by atoms with Crippen molar-refractivity contribution in [1.29, 1.82) is 0 Å². The van der Waals surface area contributed by atoms with Crippen molar-refractivity contribution >= 4 is 5.97 Å². The number of aliphatic hydroxyl groups is 1. The van der Waals surface area contributed by atoms with Gasteiger partial charge in [-0.1, -0.05) is 30.3 Å². The maximum absolute atomic E-state index is 11.7. The lowest BCUT2D eigenvalue weighted by atomic mass is 9.97. The average molecular weight is 352 g/mol. The Balaban J connectivity index is 2.38. The van der Waals surface area contributed by atoms with Crippen LogP contribution < -0.4 is 0 Å². The van der Waals surface area contributed by atoms with E-state index in [4.69, 9.17) is 14.2 Å². The Morgan fingerprint density at radius 2 is 1.76 bits per heavy atom. The van der Waals surface area contributed by atoms with E-state index < -0.39 is 11.2 Å². The van der Waals surface area contributed by atoms with Crippen molar-refractivity contribution in [2.24, 2.45) is 5.41 Å². The number of ether oxygens (including phenoxy) is 3. The zero-order chi connectivity index (χ0) is 18.9. The minimum atomic E-state index is -1.23. The highest BCUT2D eigenvalue weighted by atomic mass is 16.6. The van der Waals surface area contributed by atoms with Gasteiger partial charge in [-0.3, -0.25) is 4.79 Å². The van der Waals surface area contributed by atoms with E-state index in [0.717, 1.165) is 5.56 Å². The van der Waals surface area contributed by atoms with Crippen LogP contribution in [0.1, 0.15) is 53.0 Å². The molecule has 5 nitrogen and oxygen atoms in total. The number of rotatable bonds is 10. The maximum atomic E-state index is 11.7. The Morgan fingerprint density at radius 1 is 1.12 bits per heavy atom. The van der Waals surface area contributed by atoms with E-state index in [1.54, 1.807) is 13.8 Å². The molecule has 142 valence electrons. The second-order valence-electron chi connectivity index (χ2n) is 7.72. The van der Waals surface area contributed by atoms with Gasteiger partial charge >= 0.3 is 5.97 Å². The molecule has 0 saturated carbocycles. The molecule has 5 heteroatoms. The van der Waals surface area contributed by atoms with Crippen LogP contribution in [0.2, 0.25) is 0 Å². The van der Waals surface area contributed by atoms with Gasteiger partial charge in [0, 0.05) is 0 Å². The summed E-state index contributed by atoms with van der Waals surface area (Å²) in [5.74, 6) is -1.45. The van der Waals surface area contributed by atoms with E-state index in [1.165, 1.54) is 0 Å². The van der Waals surface area contributed by atoms with Crippen LogP contribution in [0.15, 0.2) is 30.3 Å². The molecular weight excluding hydrogens is 320 g/mol. The predicted octanol–water partition coefficient (Wildman–Crippen LogP) is 3.69. The molecule has 0 heterocycles. The smallest absolute Gasteiger partial charge is 0.311 e. The van der Waals surface area contributed by atoms with E-state index in [1.807, 2.05) is 51.1 Å². The van der Waals surface area contributed by atoms with Crippen molar-refractivity contribution in [3.05, 3.63) is 35.9 Å². The lowest BCUT2D eigenvalue weighted by Crippen LogP contribution is -2.33. The molecule has 0 saturated heterocycles. The zero-order valence-corrected chi connectivity index (χ0v) is 16.1. The Morgan fingerprint density at radius 3 is 2.32 bits per heavy atom. The summed E-state index contributed by atoms with van der Waals surface area (Å²) in [6.07, 6.45) is 1.02. The number of carbonyl (C=O) groups excluding carboxylic acids is 1. The number of esters is 1. The molecule has 0 spiro atoms. The molecule has 1 atom stereocenters. The Bertz CT molecular complexity index is 499. The lowest BCUT2D eigenvalue weighted by molar-refractivity contribution is -0.218. The molecule has 1 rings (SSSR count). The van der Waals surface area contributed by atoms with E-state index in [0.29, 0.717) is 32.7 Å². The van der Waals surface area contributed by atoms with Crippen LogP contribution in [0.5, 0.6) is 0 Å². The Labute approximate surface area is 151 Å². The SMILES string of the molecule is CC(C)(O)OC(CCCOC(=O)C(C)(C)C)COCc1ccccc1. The standard InChI is InChI=1S/C20H32O5/c1-19(2,3)18(21)24-13-9-12-17(25-20(4,5)22)15-23-14-16-10-7-6-8-11-16/h6-8,10-11,17,22H,9,12-15H2,1-5H3. The summed E-state index contributed by atoms with van der Waals surface area (Å²) in [7, 11) is 0. The highest BCUT2D eigenvalue weighted by Gasteiger charge is 2.24. The molecule has 0 amide bonds. The third-order valence-corrected chi connectivity index (χ3v) is 3.39. The van der Waals surface area contributed by atoms with Crippen LogP contribution in [-0.2, 0) is 25.6 Å². The molecule has 1 unspecified atom stereocenters. The highest BCUT2D eigenvalue weighted by Crippen LogP contribution is 2.17. The number of benzene rings is 1. The van der Waals surface area contributed by atoms with Gasteiger partial charge in [0.05, 0.1) is 31.3 Å². The minimum Gasteiger partial charge on any atom is -0.465 e. The second-order valence-corrected chi connectivity index (χ2v) is 7.72. The van der Waals surface area contributed by atoms with E-state index in [-0.39, 0.29) is 12.1 Å². The van der Waals surface area contributed by atoms with Crippen LogP contribution in [0.4, 0.5) is 0 Å². The Hall–Kier alpha value is -1.43. The summed E-state index contributed by atoms with van der Waals surface area (Å²) in [6, 6.07) is 9.89. The summed E-state index contributed by atoms with van der Waals surface area (Å²) in [4.78, 5) is 11.7. The topological polar surface area (TPSA) is 65.0 Å². The van der Waals surface area contributed by atoms with Gasteiger partial charge in [-0.15, -0.1) is 0 Å². The predicted molar refractivity (Wildman–Crippen MR) is 96.9 cm³/mol. The summed E-state index contributed by atoms with van der Waals surface area (Å²) in [6.45, 7) is 9.86. The monoisotopic (exact) mass is 352 g/mol. The highest BCUT2D eigenvalue weighted by molar-refractivity contribution is 5.75. The molecule has 0 bridgehead atoms. The van der Waals surface area contributed by atoms with Crippen LogP contribution in [0, 0.1) is 5.41 Å². The molecule has 0 aromatic heterocycles. The van der Waals surface area contributed by atoms with Crippen LogP contribution >= 0.6 is 0 Å². The normalized spacial score (nSPS) is 13.5. The number of hydrogen-bond donors (Lipinski definition) is 1. The zero-order valence-electron chi connectivity index (χ0n) is 16.1. The third kappa shape index (κ3) is 10.2. The van der Waals surface area contributed by atoms with Gasteiger partial charge in [-0.25, -0.2) is 0 Å². The molecule has 0 fully saturated rings. The van der Waals surface area contributed by atoms with Gasteiger partial charge in [-0.2, -0.15) is 0 Å². The van der Waals surface area contributed by atoms with Gasteiger partial charge in [0.15, 0.2) is 5.79 Å². The van der Waals surface area contributed by atoms with Crippen molar-refractivity contribution in [3.8, 4) is 0 Å². The first-order chi connectivity index (χ1) is 11.6. The quantitative estimate of drug-likeness (QED) is 0.395. The molecular formula is C20H32O5. The van der Waals surface area contributed by atoms with E-state index in [9.17, 15) is 9.90 Å². The van der Waals surface area contributed by atoms with E-state index >= 15 is 0 Å². The van der Waals surface area contributed by atoms with Gasteiger partial charge in [0.25, 0.3) is 0 Å². The maximum Gasteiger partial charge on any atom is 0.311 e. The van der Waals surface area contributed by atoms with Gasteiger partial charge in [-0.05, 0) is 53.0 Å². The second kappa shape index (κ2) is 9.90. The van der Waals surface area contributed by atoms with Crippen molar-refractivity contribution in [2.75, 3.05) is 13.2 Å². The molecule has 0 aliphatic rings. The molecule has 0 aliphatic carbocycles. The molecule has 25 heavy (non-hydrogen) atoms. The average Bonchev–Trinajstić information content (AvgIpc) is 2.49. The fourth-order valence-electron chi connectivity index (χ4n) is 2.16. The largest absolute Gasteiger partial charge is 0.465 e. The summed E-state index contributed by atoms with van der Waals surface area (Å²) < 4.78 is 16.6. The van der Waals surface area contributed by atoms with Crippen LogP contribution in [0.3, 0.4) is 0 Å². The van der Waals surface area contributed by atoms with Crippen molar-refractivity contribution in [2.45, 2.75) is 66.0 Å². The first-order valence-electron chi connectivity index (χ1n) is 8.77. The third-order valence-electron chi connectivity index (χ3n) is 3.39. The number of carbonyl (C=O) groups is 1. The summed E-state index contributed by atoms with van der Waals surface area (Å²) >= 11 is 0. The van der Waals surface area contributed by atoms with Gasteiger partial charge < -0.3 is 19.3 Å².